The molecule has 1 aromatic heterocycles. The first-order valence-electron chi connectivity index (χ1n) is 4.55. The van der Waals surface area contributed by atoms with Crippen molar-refractivity contribution in [3.05, 3.63) is 16.8 Å². The largest absolute Gasteiger partial charge is 0.469 e. The minimum absolute atomic E-state index is 0.208. The van der Waals surface area contributed by atoms with Crippen LogP contribution in [0.25, 0.3) is 0 Å². The van der Waals surface area contributed by atoms with Crippen LogP contribution in [-0.2, 0) is 23.1 Å². The lowest BCUT2D eigenvalue weighted by molar-refractivity contribution is -0.151. The summed E-state index contributed by atoms with van der Waals surface area (Å²) in [6, 6.07) is 0. The van der Waals surface area contributed by atoms with E-state index in [1.807, 2.05) is 0 Å². The van der Waals surface area contributed by atoms with Crippen molar-refractivity contribution >= 4 is 5.97 Å². The summed E-state index contributed by atoms with van der Waals surface area (Å²) < 4.78 is 7.25. The van der Waals surface area contributed by atoms with Crippen molar-refractivity contribution in [2.45, 2.75) is 20.4 Å². The van der Waals surface area contributed by atoms with E-state index in [4.69, 9.17) is 0 Å². The number of esters is 1. The number of methoxy groups -OCH3 is 1. The van der Waals surface area contributed by atoms with Crippen molar-refractivity contribution in [2.24, 2.45) is 12.5 Å². The fourth-order valence-corrected chi connectivity index (χ4v) is 1.24. The van der Waals surface area contributed by atoms with Crippen LogP contribution in [0.1, 0.15) is 13.8 Å². The molecular formula is C9H15N3O3. The Bertz CT molecular complexity index is 416. The molecule has 6 nitrogen and oxygen atoms in total. The highest BCUT2D eigenvalue weighted by molar-refractivity contribution is 5.75. The van der Waals surface area contributed by atoms with Gasteiger partial charge in [-0.2, -0.15) is 5.10 Å². The van der Waals surface area contributed by atoms with Gasteiger partial charge in [-0.05, 0) is 13.8 Å². The van der Waals surface area contributed by atoms with Crippen LogP contribution in [0.3, 0.4) is 0 Å². The molecule has 0 aliphatic carbocycles. The lowest BCUT2D eigenvalue weighted by Crippen LogP contribution is -2.35. The van der Waals surface area contributed by atoms with Crippen LogP contribution in [-0.4, -0.2) is 27.4 Å². The van der Waals surface area contributed by atoms with Gasteiger partial charge in [-0.1, -0.05) is 0 Å². The van der Waals surface area contributed by atoms with Crippen LogP contribution >= 0.6 is 0 Å². The maximum Gasteiger partial charge on any atom is 0.345 e. The average molecular weight is 213 g/mol. The van der Waals surface area contributed by atoms with Gasteiger partial charge in [0.15, 0.2) is 0 Å². The number of ether oxygens (including phenoxy) is 1. The number of nitrogens with zero attached hydrogens (tertiary/aromatic N) is 3. The molecule has 0 amide bonds. The highest BCUT2D eigenvalue weighted by Crippen LogP contribution is 2.18. The van der Waals surface area contributed by atoms with Gasteiger partial charge in [-0.15, -0.1) is 0 Å². The molecule has 15 heavy (non-hydrogen) atoms. The van der Waals surface area contributed by atoms with Gasteiger partial charge in [0.25, 0.3) is 0 Å². The zero-order valence-electron chi connectivity index (χ0n) is 9.35. The van der Waals surface area contributed by atoms with Crippen molar-refractivity contribution in [2.75, 3.05) is 7.11 Å². The highest BCUT2D eigenvalue weighted by Gasteiger charge is 2.30. The van der Waals surface area contributed by atoms with Gasteiger partial charge in [0, 0.05) is 7.05 Å². The minimum atomic E-state index is -0.757. The minimum Gasteiger partial charge on any atom is -0.469 e. The van der Waals surface area contributed by atoms with Crippen molar-refractivity contribution in [1.29, 1.82) is 0 Å². The molecule has 1 rings (SSSR count). The topological polar surface area (TPSA) is 66.1 Å². The van der Waals surface area contributed by atoms with Crippen LogP contribution in [0, 0.1) is 5.41 Å². The van der Waals surface area contributed by atoms with E-state index in [0.717, 1.165) is 0 Å². The molecule has 1 heterocycles. The number of rotatable bonds is 3. The summed E-state index contributed by atoms with van der Waals surface area (Å²) in [5.74, 6) is -0.361. The summed E-state index contributed by atoms with van der Waals surface area (Å²) in [6.07, 6.45) is 1.41. The van der Waals surface area contributed by atoms with Crippen LogP contribution in [0.2, 0.25) is 0 Å². The lowest BCUT2D eigenvalue weighted by atomic mass is 9.94. The first kappa shape index (κ1) is 11.5. The molecule has 0 unspecified atom stereocenters. The van der Waals surface area contributed by atoms with Crippen molar-refractivity contribution in [1.82, 2.24) is 14.3 Å². The monoisotopic (exact) mass is 213 g/mol. The van der Waals surface area contributed by atoms with Crippen LogP contribution < -0.4 is 5.69 Å². The van der Waals surface area contributed by atoms with Gasteiger partial charge in [0.05, 0.1) is 19.1 Å². The summed E-state index contributed by atoms with van der Waals surface area (Å²) in [7, 11) is 2.93. The van der Waals surface area contributed by atoms with Crippen molar-refractivity contribution < 1.29 is 9.53 Å². The molecule has 0 N–H and O–H groups in total. The Hall–Kier alpha value is -1.59. The molecule has 0 radical (unpaired) electrons. The summed E-state index contributed by atoms with van der Waals surface area (Å²) in [6.45, 7) is 3.62. The maximum absolute atomic E-state index is 11.5. The molecule has 0 fully saturated rings. The van der Waals surface area contributed by atoms with Gasteiger partial charge in [-0.3, -0.25) is 9.36 Å². The fourth-order valence-electron chi connectivity index (χ4n) is 1.24. The molecule has 1 aromatic rings. The van der Waals surface area contributed by atoms with Gasteiger partial charge >= 0.3 is 11.7 Å². The number of hydrogen-bond acceptors (Lipinski definition) is 4. The Morgan fingerprint density at radius 2 is 2.20 bits per heavy atom. The van der Waals surface area contributed by atoms with Crippen molar-refractivity contribution in [3.8, 4) is 0 Å². The molecule has 0 atom stereocenters. The van der Waals surface area contributed by atoms with Crippen LogP contribution in [0.5, 0.6) is 0 Å². The lowest BCUT2D eigenvalue weighted by Gasteiger charge is -2.20. The number of aromatic nitrogens is 3. The third-order valence-corrected chi connectivity index (χ3v) is 2.17. The smallest absolute Gasteiger partial charge is 0.345 e. The quantitative estimate of drug-likeness (QED) is 0.651. The standard InChI is InChI=1S/C9H15N3O3/c1-9(2,7(13)15-4)5-12-8(14)11(3)6-10-12/h6H,5H2,1-4H3. The molecule has 0 saturated heterocycles. The maximum atomic E-state index is 11.5. The third-order valence-electron chi connectivity index (χ3n) is 2.17. The van der Waals surface area contributed by atoms with E-state index in [-0.39, 0.29) is 18.2 Å². The molecule has 0 aromatic carbocycles. The Morgan fingerprint density at radius 1 is 1.60 bits per heavy atom. The first-order chi connectivity index (χ1) is 6.88. The molecule has 0 aliphatic heterocycles. The average Bonchev–Trinajstić information content (AvgIpc) is 2.48. The first-order valence-corrected chi connectivity index (χ1v) is 4.55. The van der Waals surface area contributed by atoms with Crippen LogP contribution in [0.15, 0.2) is 11.1 Å². The second kappa shape index (κ2) is 3.88. The summed E-state index contributed by atoms with van der Waals surface area (Å²) in [5, 5.41) is 3.88. The summed E-state index contributed by atoms with van der Waals surface area (Å²) in [4.78, 5) is 22.9. The predicted molar refractivity (Wildman–Crippen MR) is 53.3 cm³/mol. The van der Waals surface area contributed by atoms with E-state index < -0.39 is 5.41 Å². The van der Waals surface area contributed by atoms with E-state index in [1.165, 1.54) is 22.7 Å². The van der Waals surface area contributed by atoms with Gasteiger partial charge in [-0.25, -0.2) is 9.48 Å². The summed E-state index contributed by atoms with van der Waals surface area (Å²) >= 11 is 0. The van der Waals surface area contributed by atoms with Gasteiger partial charge < -0.3 is 4.74 Å². The van der Waals surface area contributed by atoms with E-state index in [1.54, 1.807) is 20.9 Å². The molecule has 6 heteroatoms. The van der Waals surface area contributed by atoms with Gasteiger partial charge in [0.2, 0.25) is 0 Å². The fraction of sp³-hybridized carbons (Fsp3) is 0.667. The molecule has 0 bridgehead atoms. The molecular weight excluding hydrogens is 198 g/mol. The van der Waals surface area contributed by atoms with E-state index in [0.29, 0.717) is 0 Å². The Morgan fingerprint density at radius 3 is 2.60 bits per heavy atom. The molecule has 84 valence electrons. The Kier molecular flexibility index (Phi) is 2.97. The molecule has 0 saturated carbocycles. The third kappa shape index (κ3) is 2.26. The number of carbonyl (C=O) groups is 1. The van der Waals surface area contributed by atoms with Crippen molar-refractivity contribution in [3.63, 3.8) is 0 Å². The number of aryl methyl sites for hydroxylation is 1. The zero-order chi connectivity index (χ0) is 11.6. The Labute approximate surface area is 87.5 Å². The molecule has 0 aliphatic rings. The normalized spacial score (nSPS) is 11.5. The second-order valence-corrected chi connectivity index (χ2v) is 4.06. The van der Waals surface area contributed by atoms with E-state index in [9.17, 15) is 9.59 Å². The zero-order valence-corrected chi connectivity index (χ0v) is 9.35. The second-order valence-electron chi connectivity index (χ2n) is 4.06. The number of carbonyl (C=O) groups excluding carboxylic acids is 1. The SMILES string of the molecule is COC(=O)C(C)(C)Cn1ncn(C)c1=O. The van der Waals surface area contributed by atoms with E-state index >= 15 is 0 Å². The summed E-state index contributed by atoms with van der Waals surface area (Å²) in [5.41, 5.74) is -1.00. The Balaban J connectivity index is 2.91. The molecule has 0 spiro atoms. The highest BCUT2D eigenvalue weighted by atomic mass is 16.5. The predicted octanol–water partition coefficient (Wildman–Crippen LogP) is -0.219. The van der Waals surface area contributed by atoms with Gasteiger partial charge in [0.1, 0.15) is 6.33 Å². The van der Waals surface area contributed by atoms with E-state index in [2.05, 4.69) is 9.84 Å². The van der Waals surface area contributed by atoms with Crippen LogP contribution in [0.4, 0.5) is 0 Å². The number of hydrogen-bond donors (Lipinski definition) is 0.